The zero-order valence-corrected chi connectivity index (χ0v) is 6.37. The second kappa shape index (κ2) is 3.18. The molecule has 1 heterocycles. The second-order valence-corrected chi connectivity index (χ2v) is 5.40. The Morgan fingerprint density at radius 3 is 2.78 bits per heavy atom. The van der Waals surface area contributed by atoms with E-state index in [0.29, 0.717) is 0 Å². The van der Waals surface area contributed by atoms with Gasteiger partial charge in [0.05, 0.1) is 11.0 Å². The van der Waals surface area contributed by atoms with Crippen LogP contribution in [0, 0.1) is 0 Å². The van der Waals surface area contributed by atoms with Crippen molar-refractivity contribution in [2.24, 2.45) is 14.2 Å². The van der Waals surface area contributed by atoms with Crippen LogP contribution >= 0.6 is 20.8 Å². The van der Waals surface area contributed by atoms with Crippen molar-refractivity contribution in [3.63, 3.8) is 0 Å². The summed E-state index contributed by atoms with van der Waals surface area (Å²) in [4.78, 5) is 10.1. The van der Waals surface area contributed by atoms with Gasteiger partial charge in [-0.15, -0.1) is 0 Å². The Morgan fingerprint density at radius 2 is 2.44 bits per heavy atom. The topological polar surface area (TPSA) is 74.4 Å². The van der Waals surface area contributed by atoms with Gasteiger partial charge in [0.2, 0.25) is 0 Å². The van der Waals surface area contributed by atoms with Gasteiger partial charge in [0.15, 0.2) is 0 Å². The predicted molar refractivity (Wildman–Crippen MR) is 37.9 cm³/mol. The standard InChI is InChI=1S/CHN3O2S3/c5-1(6)9-4-2-3-7-8-9/h(H,5,6). The lowest BCUT2D eigenvalue weighted by molar-refractivity contribution is 0.222. The van der Waals surface area contributed by atoms with E-state index in [2.05, 4.69) is 14.2 Å². The monoisotopic (exact) mass is 183 g/mol. The average molecular weight is 183 g/mol. The fraction of sp³-hybridized carbons (Fsp3) is 0. The number of nitrogens with zero attached hydrogens (tertiary/aromatic N) is 3. The summed E-state index contributed by atoms with van der Waals surface area (Å²) in [6.45, 7) is 0. The predicted octanol–water partition coefficient (Wildman–Crippen LogP) is 2.06. The Bertz CT molecular complexity index is 187. The quantitative estimate of drug-likeness (QED) is 0.460. The normalized spacial score (nSPS) is 25.1. The Labute approximate surface area is 60.3 Å². The Hall–Kier alpha value is -0.0800. The molecule has 0 saturated heterocycles. The van der Waals surface area contributed by atoms with E-state index < -0.39 is 15.0 Å². The minimum absolute atomic E-state index is 0.953. The summed E-state index contributed by atoms with van der Waals surface area (Å²) in [7, 11) is 1.10. The number of rotatable bonds is 0. The van der Waals surface area contributed by atoms with Gasteiger partial charge in [0.1, 0.15) is 9.72 Å². The summed E-state index contributed by atoms with van der Waals surface area (Å²) < 4.78 is 6.75. The minimum atomic E-state index is -1.04. The van der Waals surface area contributed by atoms with Crippen molar-refractivity contribution in [1.29, 1.82) is 0 Å². The van der Waals surface area contributed by atoms with E-state index in [1.807, 2.05) is 0 Å². The second-order valence-electron chi connectivity index (χ2n) is 0.910. The van der Waals surface area contributed by atoms with Crippen molar-refractivity contribution in [3.05, 3.63) is 0 Å². The average Bonchev–Trinajstić information content (AvgIpc) is 1.90. The zero-order chi connectivity index (χ0) is 6.69. The molecule has 1 aliphatic heterocycles. The molecule has 1 rings (SSSR count). The molecule has 50 valence electrons. The van der Waals surface area contributed by atoms with E-state index in [-0.39, 0.29) is 0 Å². The Balaban J connectivity index is 2.68. The van der Waals surface area contributed by atoms with Gasteiger partial charge in [-0.05, 0) is 5.22 Å². The van der Waals surface area contributed by atoms with Gasteiger partial charge < -0.3 is 5.11 Å². The van der Waals surface area contributed by atoms with Crippen LogP contribution in [0.15, 0.2) is 14.2 Å². The van der Waals surface area contributed by atoms with E-state index in [1.165, 1.54) is 0 Å². The number of carboxylic acid groups (broad SMARTS) is 1. The zero-order valence-electron chi connectivity index (χ0n) is 3.92. The molecule has 9 heavy (non-hydrogen) atoms. The summed E-state index contributed by atoms with van der Waals surface area (Å²) in [6.07, 6.45) is 0. The van der Waals surface area contributed by atoms with Crippen LogP contribution in [0.4, 0.5) is 4.79 Å². The third-order valence-electron chi connectivity index (χ3n) is 0.425. The molecule has 1 unspecified atom stereocenters. The summed E-state index contributed by atoms with van der Waals surface area (Å²) in [5.74, 6) is 0. The molecule has 0 aromatic rings. The van der Waals surface area contributed by atoms with E-state index in [0.717, 1.165) is 20.8 Å². The first kappa shape index (κ1) is 7.03. The van der Waals surface area contributed by atoms with Crippen LogP contribution in [0.2, 0.25) is 0 Å². The van der Waals surface area contributed by atoms with E-state index in [4.69, 9.17) is 5.11 Å². The first-order chi connectivity index (χ1) is 4.30. The lowest BCUT2D eigenvalue weighted by atomic mass is 11.6. The SMILES string of the molecule is O=C(O)S1=NN=NSS1. The molecule has 1 atom stereocenters. The molecule has 0 aromatic carbocycles. The molecule has 0 amide bonds. The highest BCUT2D eigenvalue weighted by Gasteiger charge is 2.10. The van der Waals surface area contributed by atoms with Crippen LogP contribution in [-0.4, -0.2) is 10.4 Å². The lowest BCUT2D eigenvalue weighted by Gasteiger charge is -1.96. The summed E-state index contributed by atoms with van der Waals surface area (Å²) in [5.41, 5.74) is 0. The molecule has 1 aliphatic rings. The van der Waals surface area contributed by atoms with E-state index in [9.17, 15) is 4.79 Å². The number of hydrogen-bond donors (Lipinski definition) is 1. The van der Waals surface area contributed by atoms with Crippen LogP contribution in [0.5, 0.6) is 0 Å². The highest BCUT2D eigenvalue weighted by Crippen LogP contribution is 2.32. The van der Waals surface area contributed by atoms with Gasteiger partial charge in [-0.1, -0.05) is 8.99 Å². The highest BCUT2D eigenvalue weighted by molar-refractivity contribution is 9.07. The van der Waals surface area contributed by atoms with Crippen LogP contribution < -0.4 is 0 Å². The van der Waals surface area contributed by atoms with Crippen molar-refractivity contribution >= 4 is 35.8 Å². The molecule has 0 fully saturated rings. The molecule has 0 bridgehead atoms. The highest BCUT2D eigenvalue weighted by atomic mass is 33.5. The number of carbonyl (C=O) groups is 1. The Kier molecular flexibility index (Phi) is 2.49. The first-order valence-electron chi connectivity index (χ1n) is 1.73. The van der Waals surface area contributed by atoms with Crippen molar-refractivity contribution in [2.45, 2.75) is 0 Å². The third-order valence-corrected chi connectivity index (χ3v) is 4.38. The smallest absolute Gasteiger partial charge is 0.388 e. The molecule has 0 aromatic heterocycles. The van der Waals surface area contributed by atoms with Crippen molar-refractivity contribution in [3.8, 4) is 0 Å². The molecule has 1 N–H and O–H groups in total. The van der Waals surface area contributed by atoms with Crippen LogP contribution in [0.25, 0.3) is 0 Å². The minimum Gasteiger partial charge on any atom is -0.472 e. The van der Waals surface area contributed by atoms with Crippen LogP contribution in [-0.2, 0) is 9.72 Å². The lowest BCUT2D eigenvalue weighted by Crippen LogP contribution is -1.96. The van der Waals surface area contributed by atoms with Gasteiger partial charge in [-0.2, -0.15) is 0 Å². The fourth-order valence-electron chi connectivity index (χ4n) is 0.183. The van der Waals surface area contributed by atoms with Crippen LogP contribution in [0.3, 0.4) is 0 Å². The molecule has 0 aliphatic carbocycles. The van der Waals surface area contributed by atoms with Gasteiger partial charge in [0, 0.05) is 9.83 Å². The van der Waals surface area contributed by atoms with Crippen LogP contribution in [0.1, 0.15) is 0 Å². The maximum Gasteiger partial charge on any atom is 0.388 e. The first-order valence-corrected chi connectivity index (χ1v) is 5.54. The summed E-state index contributed by atoms with van der Waals surface area (Å²) in [5, 5.41) is 10.6. The Morgan fingerprint density at radius 1 is 1.67 bits per heavy atom. The molecular formula is CHN3O2S3. The van der Waals surface area contributed by atoms with Gasteiger partial charge in [0.25, 0.3) is 0 Å². The molecule has 5 nitrogen and oxygen atoms in total. The summed E-state index contributed by atoms with van der Waals surface area (Å²) >= 11 is 0. The molecule has 0 saturated carbocycles. The van der Waals surface area contributed by atoms with Gasteiger partial charge in [-0.25, -0.2) is 4.79 Å². The van der Waals surface area contributed by atoms with E-state index >= 15 is 0 Å². The maximum atomic E-state index is 10.1. The maximum absolute atomic E-state index is 10.1. The molecular weight excluding hydrogens is 182 g/mol. The van der Waals surface area contributed by atoms with Crippen molar-refractivity contribution < 1.29 is 9.90 Å². The third kappa shape index (κ3) is 1.95. The van der Waals surface area contributed by atoms with Gasteiger partial charge >= 0.3 is 5.30 Å². The van der Waals surface area contributed by atoms with Crippen molar-refractivity contribution in [2.75, 3.05) is 0 Å². The molecule has 0 radical (unpaired) electrons. The molecule has 8 heteroatoms. The molecule has 0 spiro atoms. The fourth-order valence-corrected chi connectivity index (χ4v) is 2.86. The summed E-state index contributed by atoms with van der Waals surface area (Å²) in [6, 6.07) is 0. The van der Waals surface area contributed by atoms with Gasteiger partial charge in [-0.3, -0.25) is 0 Å². The number of hydrogen-bond acceptors (Lipinski definition) is 6. The largest absolute Gasteiger partial charge is 0.472 e. The van der Waals surface area contributed by atoms with E-state index in [1.54, 1.807) is 0 Å². The van der Waals surface area contributed by atoms with Crippen molar-refractivity contribution in [1.82, 2.24) is 0 Å².